The molecular weight excluding hydrogens is 1530 g/mol. The van der Waals surface area contributed by atoms with E-state index in [4.69, 9.17) is 69.6 Å². The summed E-state index contributed by atoms with van der Waals surface area (Å²) in [7, 11) is -13.2. The molecule has 0 aliphatic rings. The second-order valence-electron chi connectivity index (χ2n) is 21.2. The van der Waals surface area contributed by atoms with Crippen molar-refractivity contribution in [2.75, 3.05) is 36.0 Å². The molecule has 0 saturated heterocycles. The molecule has 6 aromatic carbocycles. The van der Waals surface area contributed by atoms with Gasteiger partial charge in [0.2, 0.25) is 0 Å². The van der Waals surface area contributed by atoms with Crippen LogP contribution in [0, 0.1) is 0 Å². The average molecular weight is 1600 g/mol. The molecule has 0 aliphatic heterocycles. The van der Waals surface area contributed by atoms with E-state index in [9.17, 15) is 48.1 Å². The number of thioether (sulfide) groups is 1. The lowest BCUT2D eigenvalue weighted by Gasteiger charge is -2.11. The molecule has 9 aromatic rings. The normalized spacial score (nSPS) is 11.5. The van der Waals surface area contributed by atoms with Crippen molar-refractivity contribution in [3.05, 3.63) is 233 Å². The van der Waals surface area contributed by atoms with Gasteiger partial charge in [0.05, 0.1) is 67.0 Å². The first kappa shape index (κ1) is 79.5. The molecule has 0 radical (unpaired) electrons. The highest BCUT2D eigenvalue weighted by Gasteiger charge is 2.21. The van der Waals surface area contributed by atoms with E-state index in [0.717, 1.165) is 26.9 Å². The van der Waals surface area contributed by atoms with Crippen LogP contribution in [-0.2, 0) is 92.3 Å². The maximum Gasteiger partial charge on any atom is 0.178 e. The fourth-order valence-corrected chi connectivity index (χ4v) is 15.4. The van der Waals surface area contributed by atoms with Crippen molar-refractivity contribution in [1.29, 1.82) is 0 Å². The standard InChI is InChI=1S/C23H21Cl2NO5S2.C23H21Cl2NO3S2.C22H18BrCl2NO3S.CH4S/c1-3-33(30,31)19-7-4-16(5-8-19)23-21(24)11-15(12-22(23)25)10-18(27)13-17-6-9-20(14-26-17)32(2,28)29;1-3-31(28,29)20-8-4-16(5-9-20)23-21(24)11-15(12-22(23)25)10-18(27)13-17-6-7-19(30-2)14-26-17;1-2-30(28,29)19-7-3-15(4-8-19)22-20(24)10-14(11-21(22)25)9-18(27)12-17-6-5-16(23)13-26-17;1-2/h4-9,11-12,14H,3,10,13H2,1-2H3;4-9,11-12,14H,3,10,13H2,1-2H3;3-8,10-11,13H,2,9,12H2,1H3;2H,1H3. The third-order valence-electron chi connectivity index (χ3n) is 14.3. The summed E-state index contributed by atoms with van der Waals surface area (Å²) in [4.78, 5) is 51.8. The van der Waals surface area contributed by atoms with Gasteiger partial charge in [-0.2, -0.15) is 12.6 Å². The summed E-state index contributed by atoms with van der Waals surface area (Å²) in [6.45, 7) is 4.79. The molecule has 3 heterocycles. The number of aromatic nitrogens is 3. The molecule has 9 rings (SSSR count). The smallest absolute Gasteiger partial charge is 0.178 e. The molecule has 14 nitrogen and oxygen atoms in total. The average Bonchev–Trinajstić information content (AvgIpc) is 0.815. The molecule has 0 saturated carbocycles. The highest BCUT2D eigenvalue weighted by atomic mass is 79.9. The fourth-order valence-electron chi connectivity index (χ4n) is 9.36. The number of benzene rings is 6. The van der Waals surface area contributed by atoms with E-state index >= 15 is 0 Å². The Hall–Kier alpha value is -5.50. The zero-order valence-electron chi connectivity index (χ0n) is 52.4. The van der Waals surface area contributed by atoms with Crippen molar-refractivity contribution in [3.8, 4) is 33.4 Å². The topological polar surface area (TPSA) is 226 Å². The van der Waals surface area contributed by atoms with Crippen molar-refractivity contribution in [2.45, 2.75) is 83.8 Å². The van der Waals surface area contributed by atoms with Gasteiger partial charge in [-0.25, -0.2) is 33.7 Å². The number of sulfone groups is 4. The molecule has 0 amide bonds. The maximum atomic E-state index is 12.5. The second-order valence-corrected chi connectivity index (χ2v) is 34.3. The van der Waals surface area contributed by atoms with E-state index in [-0.39, 0.29) is 92.7 Å². The van der Waals surface area contributed by atoms with Crippen LogP contribution in [0.15, 0.2) is 193 Å². The fraction of sp³-hybridized carbons (Fsp3) is 0.217. The minimum atomic E-state index is -3.35. The number of ketones is 3. The van der Waals surface area contributed by atoms with E-state index in [1.54, 1.807) is 154 Å². The Morgan fingerprint density at radius 2 is 0.667 bits per heavy atom. The number of pyridine rings is 3. The molecule has 0 unspecified atom stereocenters. The van der Waals surface area contributed by atoms with Crippen LogP contribution in [0.25, 0.3) is 33.4 Å². The molecule has 506 valence electrons. The van der Waals surface area contributed by atoms with Crippen LogP contribution in [0.3, 0.4) is 0 Å². The van der Waals surface area contributed by atoms with Crippen molar-refractivity contribution in [3.63, 3.8) is 0 Å². The molecule has 0 aliphatic carbocycles. The van der Waals surface area contributed by atoms with Gasteiger partial charge in [-0.15, -0.1) is 11.8 Å². The lowest BCUT2D eigenvalue weighted by Crippen LogP contribution is -2.08. The Morgan fingerprint density at radius 1 is 0.396 bits per heavy atom. The van der Waals surface area contributed by atoms with Crippen molar-refractivity contribution >= 4 is 167 Å². The number of thiol groups is 1. The third-order valence-corrected chi connectivity index (χ3v) is 23.7. The van der Waals surface area contributed by atoms with Crippen molar-refractivity contribution in [2.24, 2.45) is 0 Å². The Labute approximate surface area is 609 Å². The summed E-state index contributed by atoms with van der Waals surface area (Å²) < 4.78 is 95.9. The largest absolute Gasteiger partial charge is 0.299 e. The van der Waals surface area contributed by atoms with Gasteiger partial charge in [0, 0.05) is 107 Å². The number of hydrogen-bond acceptors (Lipinski definition) is 16. The monoisotopic (exact) mass is 1590 g/mol. The first-order chi connectivity index (χ1) is 45.3. The lowest BCUT2D eigenvalue weighted by molar-refractivity contribution is -0.118. The zero-order valence-corrected chi connectivity index (χ0v) is 63.5. The van der Waals surface area contributed by atoms with Gasteiger partial charge in [-0.1, -0.05) is 127 Å². The SMILES string of the molecule is CCS(=O)(=O)c1ccc(-c2c(Cl)cc(CC(=O)Cc3ccc(Br)cn3)cc2Cl)cc1.CCS(=O)(=O)c1ccc(-c2c(Cl)cc(CC(=O)Cc3ccc(S(C)(=O)=O)cn3)cc2Cl)cc1.CCS(=O)(=O)c1ccc(-c2c(Cl)cc(CC(=O)Cc3ccc(SC)cn3)cc2Cl)cc1.CS. The Bertz CT molecular complexity index is 4660. The van der Waals surface area contributed by atoms with Gasteiger partial charge >= 0.3 is 0 Å². The van der Waals surface area contributed by atoms with Crippen molar-refractivity contribution in [1.82, 2.24) is 15.0 Å². The molecule has 0 atom stereocenters. The zero-order chi connectivity index (χ0) is 70.9. The molecule has 0 spiro atoms. The highest BCUT2D eigenvalue weighted by Crippen LogP contribution is 2.40. The van der Waals surface area contributed by atoms with Crippen LogP contribution in [0.1, 0.15) is 54.5 Å². The maximum absolute atomic E-state index is 12.5. The van der Waals surface area contributed by atoms with Gasteiger partial charge in [0.1, 0.15) is 17.3 Å². The molecular formula is C69H64BrCl6N3O11S6. The van der Waals surface area contributed by atoms with E-state index in [0.29, 0.717) is 86.0 Å². The van der Waals surface area contributed by atoms with Crippen LogP contribution in [0.2, 0.25) is 30.1 Å². The van der Waals surface area contributed by atoms with Gasteiger partial charge in [0.15, 0.2) is 39.3 Å². The Kier molecular flexibility index (Phi) is 29.8. The Balaban J connectivity index is 0.000000225. The van der Waals surface area contributed by atoms with Crippen molar-refractivity contribution < 1.29 is 48.1 Å². The van der Waals surface area contributed by atoms with Crippen LogP contribution in [0.4, 0.5) is 0 Å². The summed E-state index contributed by atoms with van der Waals surface area (Å²) >= 11 is 47.2. The summed E-state index contributed by atoms with van der Waals surface area (Å²) in [5.41, 5.74) is 7.76. The van der Waals surface area contributed by atoms with E-state index in [2.05, 4.69) is 43.5 Å². The summed E-state index contributed by atoms with van der Waals surface area (Å²) in [5.74, 6) is -0.0467. The quantitative estimate of drug-likeness (QED) is 0.0464. The van der Waals surface area contributed by atoms with Gasteiger partial charge < -0.3 is 0 Å². The first-order valence-corrected chi connectivity index (χ1v) is 41.0. The molecule has 96 heavy (non-hydrogen) atoms. The summed E-state index contributed by atoms with van der Waals surface area (Å²) in [6.07, 6.45) is 10.3. The second kappa shape index (κ2) is 36.0. The molecule has 0 fully saturated rings. The predicted molar refractivity (Wildman–Crippen MR) is 396 cm³/mol. The number of rotatable bonds is 23. The minimum Gasteiger partial charge on any atom is -0.299 e. The number of nitrogens with zero attached hydrogens (tertiary/aromatic N) is 3. The molecule has 0 N–H and O–H groups in total. The van der Waals surface area contributed by atoms with Crippen LogP contribution >= 0.6 is 110 Å². The van der Waals surface area contributed by atoms with Crippen LogP contribution < -0.4 is 0 Å². The first-order valence-electron chi connectivity index (χ1n) is 29.0. The van der Waals surface area contributed by atoms with Gasteiger partial charge in [0.25, 0.3) is 0 Å². The number of carbonyl (C=O) groups excluding carboxylic acids is 3. The lowest BCUT2D eigenvalue weighted by atomic mass is 10.00. The van der Waals surface area contributed by atoms with Gasteiger partial charge in [-0.3, -0.25) is 29.3 Å². The molecule has 3 aromatic heterocycles. The third kappa shape index (κ3) is 22.5. The van der Waals surface area contributed by atoms with Crippen LogP contribution in [0.5, 0.6) is 0 Å². The summed E-state index contributed by atoms with van der Waals surface area (Å²) in [5, 5.41) is 2.29. The minimum absolute atomic E-state index is 0.00108. The van der Waals surface area contributed by atoms with Crippen LogP contribution in [-0.4, -0.2) is 102 Å². The number of halogens is 7. The van der Waals surface area contributed by atoms with E-state index in [1.807, 2.05) is 24.5 Å². The predicted octanol–water partition coefficient (Wildman–Crippen LogP) is 17.0. The summed E-state index contributed by atoms with van der Waals surface area (Å²) in [6, 6.07) is 39.8. The highest BCUT2D eigenvalue weighted by molar-refractivity contribution is 9.10. The molecule has 27 heteroatoms. The number of hydrogen-bond donors (Lipinski definition) is 1. The molecule has 0 bridgehead atoms. The number of Topliss-reactive ketones (excluding diaryl/α,β-unsaturated/α-hetero) is 3. The van der Waals surface area contributed by atoms with E-state index in [1.165, 1.54) is 30.5 Å². The van der Waals surface area contributed by atoms with E-state index < -0.39 is 39.3 Å². The number of carbonyl (C=O) groups is 3. The Morgan fingerprint density at radius 3 is 0.896 bits per heavy atom. The van der Waals surface area contributed by atoms with Gasteiger partial charge in [-0.05, 0) is 171 Å².